The van der Waals surface area contributed by atoms with E-state index in [1.54, 1.807) is 19.1 Å². The van der Waals surface area contributed by atoms with Gasteiger partial charge in [0.25, 0.3) is 15.0 Å². The van der Waals surface area contributed by atoms with Crippen LogP contribution in [0.1, 0.15) is 48.5 Å². The number of carbonyl (C=O) groups is 1. The van der Waals surface area contributed by atoms with Crippen molar-refractivity contribution in [1.82, 2.24) is 5.32 Å². The maximum Gasteiger partial charge on any atom is 0.261 e. The van der Waals surface area contributed by atoms with Crippen molar-refractivity contribution in [3.05, 3.63) is 29.3 Å². The molecule has 0 radical (unpaired) electrons. The minimum Gasteiger partial charge on any atom is -0.349 e. The number of amides is 1. The van der Waals surface area contributed by atoms with Crippen molar-refractivity contribution in [2.75, 3.05) is 0 Å². The van der Waals surface area contributed by atoms with Gasteiger partial charge in [-0.25, -0.2) is 8.42 Å². The van der Waals surface area contributed by atoms with E-state index < -0.39 is 9.05 Å². The van der Waals surface area contributed by atoms with Crippen LogP contribution in [-0.2, 0) is 9.05 Å². The second-order valence-electron chi connectivity index (χ2n) is 5.86. The summed E-state index contributed by atoms with van der Waals surface area (Å²) in [5.74, 6) is 0.372. The molecule has 0 aromatic heterocycles. The molecule has 1 aromatic carbocycles. The van der Waals surface area contributed by atoms with Crippen molar-refractivity contribution in [2.45, 2.75) is 50.5 Å². The molecule has 1 aliphatic rings. The first kappa shape index (κ1) is 16.3. The third-order valence-corrected chi connectivity index (χ3v) is 5.45. The molecule has 2 unspecified atom stereocenters. The van der Waals surface area contributed by atoms with E-state index in [9.17, 15) is 13.2 Å². The maximum atomic E-state index is 12.3. The first-order valence-corrected chi connectivity index (χ1v) is 9.44. The number of carbonyl (C=O) groups excluding carboxylic acids is 1. The standard InChI is InChI=1S/C15H20ClNO3S/c1-10-4-3-5-13(8-10)17-15(18)12-7-6-11(2)14(9-12)21(16,19)20/h6-7,9-10,13H,3-5,8H2,1-2H3,(H,17,18). The second-order valence-corrected chi connectivity index (χ2v) is 8.39. The molecule has 1 aliphatic carbocycles. The fourth-order valence-electron chi connectivity index (χ4n) is 2.84. The quantitative estimate of drug-likeness (QED) is 0.866. The van der Waals surface area contributed by atoms with Gasteiger partial charge in [0.15, 0.2) is 0 Å². The molecule has 2 rings (SSSR count). The molecule has 116 valence electrons. The molecule has 0 spiro atoms. The van der Waals surface area contributed by atoms with Crippen LogP contribution >= 0.6 is 10.7 Å². The fourth-order valence-corrected chi connectivity index (χ4v) is 4.06. The lowest BCUT2D eigenvalue weighted by Gasteiger charge is -2.27. The summed E-state index contributed by atoms with van der Waals surface area (Å²) in [4.78, 5) is 12.3. The summed E-state index contributed by atoms with van der Waals surface area (Å²) in [6, 6.07) is 4.74. The van der Waals surface area contributed by atoms with Crippen LogP contribution in [0.5, 0.6) is 0 Å². The molecule has 0 bridgehead atoms. The minimum atomic E-state index is -3.84. The third kappa shape index (κ3) is 4.20. The van der Waals surface area contributed by atoms with E-state index in [1.165, 1.54) is 12.5 Å². The van der Waals surface area contributed by atoms with Crippen LogP contribution < -0.4 is 5.32 Å². The minimum absolute atomic E-state index is 0.00571. The molecule has 1 N–H and O–H groups in total. The summed E-state index contributed by atoms with van der Waals surface area (Å²) < 4.78 is 23.0. The van der Waals surface area contributed by atoms with E-state index in [0.717, 1.165) is 19.3 Å². The molecule has 0 saturated heterocycles. The zero-order chi connectivity index (χ0) is 15.6. The van der Waals surface area contributed by atoms with Crippen LogP contribution in [0.25, 0.3) is 0 Å². The van der Waals surface area contributed by atoms with Gasteiger partial charge in [0.05, 0.1) is 4.90 Å². The average Bonchev–Trinajstić information content (AvgIpc) is 2.37. The number of rotatable bonds is 3. The molecule has 1 fully saturated rings. The normalized spacial score (nSPS) is 22.8. The Balaban J connectivity index is 2.16. The first-order valence-electron chi connectivity index (χ1n) is 7.13. The number of hydrogen-bond donors (Lipinski definition) is 1. The van der Waals surface area contributed by atoms with Gasteiger partial charge in [-0.05, 0) is 43.4 Å². The van der Waals surface area contributed by atoms with Crippen LogP contribution in [0.4, 0.5) is 0 Å². The molecule has 0 aliphatic heterocycles. The molecule has 2 atom stereocenters. The van der Waals surface area contributed by atoms with Crippen LogP contribution in [0, 0.1) is 12.8 Å². The maximum absolute atomic E-state index is 12.3. The summed E-state index contributed by atoms with van der Waals surface area (Å²) in [6.45, 7) is 3.84. The Bertz CT molecular complexity index is 642. The highest BCUT2D eigenvalue weighted by atomic mass is 35.7. The molecular weight excluding hydrogens is 310 g/mol. The van der Waals surface area contributed by atoms with E-state index >= 15 is 0 Å². The van der Waals surface area contributed by atoms with Crippen molar-refractivity contribution < 1.29 is 13.2 Å². The lowest BCUT2D eigenvalue weighted by Crippen LogP contribution is -2.38. The average molecular weight is 330 g/mol. The number of benzene rings is 1. The fraction of sp³-hybridized carbons (Fsp3) is 0.533. The molecule has 6 heteroatoms. The molecule has 0 heterocycles. The Kier molecular flexibility index (Phi) is 4.94. The summed E-state index contributed by atoms with van der Waals surface area (Å²) in [5, 5.41) is 2.99. The van der Waals surface area contributed by atoms with Crippen LogP contribution in [0.15, 0.2) is 23.1 Å². The van der Waals surface area contributed by atoms with Gasteiger partial charge in [-0.1, -0.05) is 25.8 Å². The molecule has 21 heavy (non-hydrogen) atoms. The van der Waals surface area contributed by atoms with Gasteiger partial charge in [0, 0.05) is 22.3 Å². The lowest BCUT2D eigenvalue weighted by molar-refractivity contribution is 0.0921. The monoisotopic (exact) mass is 329 g/mol. The smallest absolute Gasteiger partial charge is 0.261 e. The van der Waals surface area contributed by atoms with Crippen molar-refractivity contribution >= 4 is 25.6 Å². The second kappa shape index (κ2) is 6.36. The number of aryl methyl sites for hydroxylation is 1. The molecule has 1 amide bonds. The van der Waals surface area contributed by atoms with Crippen LogP contribution in [0.3, 0.4) is 0 Å². The van der Waals surface area contributed by atoms with Crippen molar-refractivity contribution in [3.8, 4) is 0 Å². The van der Waals surface area contributed by atoms with Gasteiger partial charge in [-0.2, -0.15) is 0 Å². The topological polar surface area (TPSA) is 63.2 Å². The molecule has 4 nitrogen and oxygen atoms in total. The van der Waals surface area contributed by atoms with Gasteiger partial charge < -0.3 is 5.32 Å². The Morgan fingerprint density at radius 3 is 2.67 bits per heavy atom. The summed E-state index contributed by atoms with van der Waals surface area (Å²) in [7, 11) is 1.55. The van der Waals surface area contributed by atoms with Gasteiger partial charge in [0.2, 0.25) is 0 Å². The lowest BCUT2D eigenvalue weighted by atomic mass is 9.87. The molecule has 1 saturated carbocycles. The Morgan fingerprint density at radius 1 is 1.33 bits per heavy atom. The largest absolute Gasteiger partial charge is 0.349 e. The van der Waals surface area contributed by atoms with Crippen molar-refractivity contribution in [3.63, 3.8) is 0 Å². The highest BCUT2D eigenvalue weighted by Crippen LogP contribution is 2.24. The number of hydrogen-bond acceptors (Lipinski definition) is 3. The Hall–Kier alpha value is -1.07. The van der Waals surface area contributed by atoms with Gasteiger partial charge in [-0.15, -0.1) is 0 Å². The van der Waals surface area contributed by atoms with E-state index in [4.69, 9.17) is 10.7 Å². The Labute approximate surface area is 130 Å². The summed E-state index contributed by atoms with van der Waals surface area (Å²) in [5.41, 5.74) is 0.867. The zero-order valence-electron chi connectivity index (χ0n) is 12.2. The highest BCUT2D eigenvalue weighted by Gasteiger charge is 2.22. The van der Waals surface area contributed by atoms with Crippen molar-refractivity contribution in [1.29, 1.82) is 0 Å². The molecular formula is C15H20ClNO3S. The van der Waals surface area contributed by atoms with E-state index in [1.807, 2.05) is 0 Å². The van der Waals surface area contributed by atoms with Crippen LogP contribution in [0.2, 0.25) is 0 Å². The number of halogens is 1. The van der Waals surface area contributed by atoms with E-state index in [-0.39, 0.29) is 16.8 Å². The predicted octanol–water partition coefficient (Wildman–Crippen LogP) is 3.23. The highest BCUT2D eigenvalue weighted by molar-refractivity contribution is 8.13. The van der Waals surface area contributed by atoms with Gasteiger partial charge in [0.1, 0.15) is 0 Å². The predicted molar refractivity (Wildman–Crippen MR) is 83.1 cm³/mol. The van der Waals surface area contributed by atoms with Gasteiger partial charge in [-0.3, -0.25) is 4.79 Å². The van der Waals surface area contributed by atoms with E-state index in [2.05, 4.69) is 12.2 Å². The first-order chi connectivity index (χ1) is 9.77. The van der Waals surface area contributed by atoms with E-state index in [0.29, 0.717) is 17.0 Å². The Morgan fingerprint density at radius 2 is 2.05 bits per heavy atom. The van der Waals surface area contributed by atoms with Crippen LogP contribution in [-0.4, -0.2) is 20.4 Å². The zero-order valence-corrected chi connectivity index (χ0v) is 13.8. The summed E-state index contributed by atoms with van der Waals surface area (Å²) in [6.07, 6.45) is 4.26. The summed E-state index contributed by atoms with van der Waals surface area (Å²) >= 11 is 0. The van der Waals surface area contributed by atoms with Crippen molar-refractivity contribution in [2.24, 2.45) is 5.92 Å². The van der Waals surface area contributed by atoms with Gasteiger partial charge >= 0.3 is 0 Å². The SMILES string of the molecule is Cc1ccc(C(=O)NC2CCCC(C)C2)cc1S(=O)(=O)Cl. The third-order valence-electron chi connectivity index (χ3n) is 3.98. The molecule has 1 aromatic rings. The number of nitrogens with one attached hydrogen (secondary N) is 1.